The summed E-state index contributed by atoms with van der Waals surface area (Å²) in [7, 11) is 3.23. The second-order valence-corrected chi connectivity index (χ2v) is 10.8. The van der Waals surface area contributed by atoms with Crippen molar-refractivity contribution in [3.63, 3.8) is 0 Å². The normalized spacial score (nSPS) is 16.7. The molecular weight excluding hydrogens is 650 g/mol. The third-order valence-electron chi connectivity index (χ3n) is 7.90. The topological polar surface area (TPSA) is 124 Å². The van der Waals surface area contributed by atoms with Crippen molar-refractivity contribution in [1.82, 2.24) is 10.0 Å². The van der Waals surface area contributed by atoms with Crippen molar-refractivity contribution in [2.75, 3.05) is 14.2 Å². The number of hydrogen-bond donors (Lipinski definition) is 2. The van der Waals surface area contributed by atoms with Crippen molar-refractivity contribution in [2.45, 2.75) is 38.8 Å². The zero-order valence-corrected chi connectivity index (χ0v) is 29.8. The fourth-order valence-electron chi connectivity index (χ4n) is 5.53. The van der Waals surface area contributed by atoms with Crippen LogP contribution in [0.3, 0.4) is 0 Å². The van der Waals surface area contributed by atoms with E-state index in [1.807, 2.05) is 72.8 Å². The van der Waals surface area contributed by atoms with Gasteiger partial charge in [0.1, 0.15) is 23.0 Å². The summed E-state index contributed by atoms with van der Waals surface area (Å²) >= 11 is 0. The Morgan fingerprint density at radius 3 is 1.26 bits per heavy atom. The van der Waals surface area contributed by atoms with E-state index in [9.17, 15) is 19.8 Å². The summed E-state index contributed by atoms with van der Waals surface area (Å²) in [6.07, 6.45) is 1.12. The summed E-state index contributed by atoms with van der Waals surface area (Å²) in [5, 5.41) is 31.8. The molecule has 0 radical (unpaired) electrons. The van der Waals surface area contributed by atoms with Crippen molar-refractivity contribution in [3.05, 3.63) is 119 Å². The molecule has 2 amide bonds. The van der Waals surface area contributed by atoms with E-state index in [2.05, 4.69) is 10.2 Å². The van der Waals surface area contributed by atoms with Crippen LogP contribution in [-0.2, 0) is 29.1 Å². The van der Waals surface area contributed by atoms with Crippen molar-refractivity contribution in [3.8, 4) is 23.0 Å². The maximum atomic E-state index is 11.9. The van der Waals surface area contributed by atoms with Crippen LogP contribution in [0.2, 0.25) is 0 Å². The fourth-order valence-corrected chi connectivity index (χ4v) is 5.53. The van der Waals surface area contributed by atoms with Gasteiger partial charge in [0.05, 0.1) is 37.7 Å². The van der Waals surface area contributed by atoms with Gasteiger partial charge < -0.3 is 19.7 Å². The molecule has 10 nitrogen and oxygen atoms in total. The number of para-hydroxylation sites is 2. The molecule has 0 bridgehead atoms. The van der Waals surface area contributed by atoms with Crippen LogP contribution in [0, 0.1) is 0 Å². The van der Waals surface area contributed by atoms with Crippen LogP contribution >= 0.6 is 0 Å². The first kappa shape index (κ1) is 34.8. The Hall–Kier alpha value is -5.02. The predicted molar refractivity (Wildman–Crippen MR) is 175 cm³/mol. The quantitative estimate of drug-likeness (QED) is 0.233. The van der Waals surface area contributed by atoms with Crippen molar-refractivity contribution < 1.29 is 48.8 Å². The summed E-state index contributed by atoms with van der Waals surface area (Å²) < 4.78 is 10.3. The molecule has 2 heterocycles. The molecule has 2 N–H and O–H groups in total. The number of benzene rings is 4. The Balaban J connectivity index is 0.000000208. The summed E-state index contributed by atoms with van der Waals surface area (Å²) in [5.74, 6) is 1.62. The summed E-state index contributed by atoms with van der Waals surface area (Å²) in [4.78, 5) is 23.9. The summed E-state index contributed by atoms with van der Waals surface area (Å²) in [6.45, 7) is 2.99. The summed E-state index contributed by atoms with van der Waals surface area (Å²) in [5.41, 5.74) is 4.70. The third kappa shape index (κ3) is 7.87. The molecule has 0 saturated carbocycles. The number of carbonyl (C=O) groups is 2. The molecule has 0 aliphatic carbocycles. The largest absolute Gasteiger partial charge is 0.507 e. The van der Waals surface area contributed by atoms with Crippen LogP contribution in [0.1, 0.15) is 61.0 Å². The molecule has 47 heavy (non-hydrogen) atoms. The first-order valence-corrected chi connectivity index (χ1v) is 14.8. The number of phenols is 2. The van der Waals surface area contributed by atoms with Gasteiger partial charge >= 0.3 is 0 Å². The Kier molecular flexibility index (Phi) is 11.5. The molecule has 4 aromatic carbocycles. The predicted octanol–water partition coefficient (Wildman–Crippen LogP) is 6.19. The maximum absolute atomic E-state index is 11.9. The molecule has 6 rings (SSSR count). The van der Waals surface area contributed by atoms with E-state index in [1.165, 1.54) is 23.9 Å². The van der Waals surface area contributed by atoms with Gasteiger partial charge in [-0.2, -0.15) is 10.2 Å². The van der Waals surface area contributed by atoms with Crippen molar-refractivity contribution >= 4 is 23.2 Å². The molecule has 2 atom stereocenters. The van der Waals surface area contributed by atoms with Gasteiger partial charge in [-0.25, -0.2) is 10.0 Å². The maximum Gasteiger partial charge on any atom is 0.240 e. The molecular formula is C36H36N4O6Zn. The van der Waals surface area contributed by atoms with Gasteiger partial charge in [0.2, 0.25) is 11.8 Å². The number of methoxy groups -OCH3 is 2. The molecule has 0 saturated heterocycles. The standard InChI is InChI=1S/2C18H18N2O3.Zn/c2*1-12(21)20-17(13-7-9-14(23-2)10-8-13)11-16(19-20)15-5-3-4-6-18(15)22;/h2*3-10,17,22H,11H2,1-2H3;. The number of hydrazone groups is 2. The van der Waals surface area contributed by atoms with Crippen LogP contribution in [0.5, 0.6) is 23.0 Å². The van der Waals surface area contributed by atoms with E-state index >= 15 is 0 Å². The van der Waals surface area contributed by atoms with Gasteiger partial charge in [0, 0.05) is 57.3 Å². The molecule has 0 aromatic heterocycles. The fraction of sp³-hybridized carbons (Fsp3) is 0.222. The van der Waals surface area contributed by atoms with Gasteiger partial charge in [0.15, 0.2) is 0 Å². The zero-order chi connectivity index (χ0) is 32.8. The van der Waals surface area contributed by atoms with Crippen molar-refractivity contribution in [2.24, 2.45) is 10.2 Å². The van der Waals surface area contributed by atoms with E-state index in [1.54, 1.807) is 38.5 Å². The van der Waals surface area contributed by atoms with Crippen LogP contribution in [0.4, 0.5) is 0 Å². The van der Waals surface area contributed by atoms with Crippen LogP contribution in [0.15, 0.2) is 107 Å². The zero-order valence-electron chi connectivity index (χ0n) is 26.8. The summed E-state index contributed by atoms with van der Waals surface area (Å²) in [6, 6.07) is 28.9. The average Bonchev–Trinajstić information content (AvgIpc) is 3.72. The average molecular weight is 686 g/mol. The van der Waals surface area contributed by atoms with Gasteiger partial charge in [-0.1, -0.05) is 48.5 Å². The second-order valence-electron chi connectivity index (χ2n) is 10.8. The van der Waals surface area contributed by atoms with Gasteiger partial charge in [0.25, 0.3) is 0 Å². The van der Waals surface area contributed by atoms with E-state index in [4.69, 9.17) is 9.47 Å². The minimum Gasteiger partial charge on any atom is -0.507 e. The van der Waals surface area contributed by atoms with Crippen LogP contribution in [0.25, 0.3) is 0 Å². The molecule has 0 fully saturated rings. The second kappa shape index (κ2) is 15.5. The number of aromatic hydroxyl groups is 2. The van der Waals surface area contributed by atoms with E-state index < -0.39 is 0 Å². The van der Waals surface area contributed by atoms with Crippen LogP contribution < -0.4 is 9.47 Å². The Labute approximate surface area is 286 Å². The number of rotatable bonds is 6. The van der Waals surface area contributed by atoms with Crippen molar-refractivity contribution in [1.29, 1.82) is 0 Å². The Morgan fingerprint density at radius 1 is 0.617 bits per heavy atom. The number of ether oxygens (including phenoxy) is 2. The number of hydrogen-bond acceptors (Lipinski definition) is 8. The van der Waals surface area contributed by atoms with E-state index in [0.29, 0.717) is 35.4 Å². The number of phenolic OH excluding ortho intramolecular Hbond substituents is 2. The van der Waals surface area contributed by atoms with Gasteiger partial charge in [-0.15, -0.1) is 0 Å². The molecule has 4 aromatic rings. The monoisotopic (exact) mass is 684 g/mol. The molecule has 11 heteroatoms. The first-order chi connectivity index (χ1) is 22.2. The minimum atomic E-state index is -0.173. The number of carbonyl (C=O) groups excluding carboxylic acids is 2. The van der Waals surface area contributed by atoms with Crippen LogP contribution in [-0.4, -0.2) is 57.7 Å². The van der Waals surface area contributed by atoms with Gasteiger partial charge in [-0.3, -0.25) is 9.59 Å². The van der Waals surface area contributed by atoms with E-state index in [0.717, 1.165) is 22.6 Å². The Bertz CT molecular complexity index is 1640. The molecule has 2 aliphatic rings. The third-order valence-corrected chi connectivity index (χ3v) is 7.90. The molecule has 0 spiro atoms. The first-order valence-electron chi connectivity index (χ1n) is 14.8. The molecule has 2 unspecified atom stereocenters. The van der Waals surface area contributed by atoms with Gasteiger partial charge in [-0.05, 0) is 59.7 Å². The number of amides is 2. The minimum absolute atomic E-state index is 0. The molecule has 2 aliphatic heterocycles. The molecule has 238 valence electrons. The number of nitrogens with zero attached hydrogens (tertiary/aromatic N) is 4. The SMILES string of the molecule is COc1ccc(C2CC(c3ccccc3O)=NN2C(C)=O)cc1.COc1ccc(C2CC(c3ccccc3O)=NN2C(C)=O)cc1.[Zn]. The van der Waals surface area contributed by atoms with E-state index in [-0.39, 0.29) is 54.9 Å². The Morgan fingerprint density at radius 2 is 0.957 bits per heavy atom. The smallest absolute Gasteiger partial charge is 0.240 e.